The van der Waals surface area contributed by atoms with Crippen LogP contribution in [-0.4, -0.2) is 26.2 Å². The Balaban J connectivity index is 2.67. The van der Waals surface area contributed by atoms with Gasteiger partial charge in [-0.2, -0.15) is 0 Å². The van der Waals surface area contributed by atoms with E-state index in [9.17, 15) is 4.79 Å². The van der Waals surface area contributed by atoms with E-state index in [0.29, 0.717) is 19.5 Å². The summed E-state index contributed by atoms with van der Waals surface area (Å²) in [6.45, 7) is 2.96. The summed E-state index contributed by atoms with van der Waals surface area (Å²) in [6.07, 6.45) is 0.670. The van der Waals surface area contributed by atoms with Crippen molar-refractivity contribution in [3.8, 4) is 0 Å². The molecule has 1 aromatic carbocycles. The number of azide groups is 1. The number of esters is 1. The van der Waals surface area contributed by atoms with Gasteiger partial charge in [0, 0.05) is 11.5 Å². The molecule has 0 amide bonds. The number of benzene rings is 1. The number of hydrogen-bond acceptors (Lipinski definition) is 4. The fourth-order valence-electron chi connectivity index (χ4n) is 1.75. The van der Waals surface area contributed by atoms with Crippen LogP contribution in [0.25, 0.3) is 10.4 Å². The number of nitrogens with zero attached hydrogens (tertiary/aromatic N) is 3. The van der Waals surface area contributed by atoms with Gasteiger partial charge in [-0.1, -0.05) is 34.9 Å². The Labute approximate surface area is 112 Å². The molecule has 0 aliphatic carbocycles. The molecule has 1 atom stereocenters. The molecule has 102 valence electrons. The molecule has 0 aliphatic rings. The lowest BCUT2D eigenvalue weighted by atomic mass is 10.0. The fourth-order valence-corrected chi connectivity index (χ4v) is 1.75. The molecule has 6 heteroatoms. The normalized spacial score (nSPS) is 11.5. The maximum Gasteiger partial charge on any atom is 0.327 e. The average molecular weight is 262 g/mol. The molecular weight excluding hydrogens is 244 g/mol. The summed E-state index contributed by atoms with van der Waals surface area (Å²) >= 11 is 0. The molecular formula is C13H18N4O2. The van der Waals surface area contributed by atoms with Crippen molar-refractivity contribution in [3.05, 3.63) is 45.8 Å². The van der Waals surface area contributed by atoms with E-state index in [1.165, 1.54) is 7.11 Å². The van der Waals surface area contributed by atoms with Gasteiger partial charge in [0.25, 0.3) is 0 Å². The lowest BCUT2D eigenvalue weighted by Gasteiger charge is -2.17. The van der Waals surface area contributed by atoms with Crippen LogP contribution in [0.15, 0.2) is 29.4 Å². The van der Waals surface area contributed by atoms with Crippen LogP contribution in [-0.2, 0) is 9.53 Å². The maximum absolute atomic E-state index is 11.8. The molecule has 0 bridgehead atoms. The first-order valence-corrected chi connectivity index (χ1v) is 6.07. The number of carbonyl (C=O) groups excluding carboxylic acids is 1. The van der Waals surface area contributed by atoms with E-state index in [1.807, 2.05) is 31.2 Å². The first kappa shape index (κ1) is 15.0. The van der Waals surface area contributed by atoms with Crippen molar-refractivity contribution in [1.29, 1.82) is 0 Å². The molecule has 0 aliphatic heterocycles. The average Bonchev–Trinajstić information content (AvgIpc) is 2.42. The van der Waals surface area contributed by atoms with E-state index in [1.54, 1.807) is 0 Å². The van der Waals surface area contributed by atoms with E-state index in [-0.39, 0.29) is 5.97 Å². The zero-order valence-corrected chi connectivity index (χ0v) is 11.2. The highest BCUT2D eigenvalue weighted by Gasteiger charge is 2.20. The van der Waals surface area contributed by atoms with Crippen LogP contribution in [0.1, 0.15) is 23.6 Å². The molecule has 0 saturated carbocycles. The SMILES string of the molecule is COC(=O)C(NCCCN=[N+]=[N-])c1cccc(C)c1. The van der Waals surface area contributed by atoms with E-state index < -0.39 is 6.04 Å². The van der Waals surface area contributed by atoms with E-state index in [0.717, 1.165) is 11.1 Å². The third kappa shape index (κ3) is 4.99. The van der Waals surface area contributed by atoms with Crippen LogP contribution >= 0.6 is 0 Å². The van der Waals surface area contributed by atoms with Crippen LogP contribution in [0.2, 0.25) is 0 Å². The zero-order chi connectivity index (χ0) is 14.1. The third-order valence-corrected chi connectivity index (χ3v) is 2.66. The second-order valence-corrected chi connectivity index (χ2v) is 4.13. The summed E-state index contributed by atoms with van der Waals surface area (Å²) in [6, 6.07) is 7.22. The van der Waals surface area contributed by atoms with Gasteiger partial charge in [0.2, 0.25) is 0 Å². The highest BCUT2D eigenvalue weighted by molar-refractivity contribution is 5.77. The molecule has 0 aromatic heterocycles. The monoisotopic (exact) mass is 262 g/mol. The maximum atomic E-state index is 11.8. The fraction of sp³-hybridized carbons (Fsp3) is 0.462. The van der Waals surface area contributed by atoms with Crippen LogP contribution in [0, 0.1) is 6.92 Å². The lowest BCUT2D eigenvalue weighted by molar-refractivity contribution is -0.143. The molecule has 0 heterocycles. The topological polar surface area (TPSA) is 87.1 Å². The molecule has 0 fully saturated rings. The smallest absolute Gasteiger partial charge is 0.327 e. The van der Waals surface area contributed by atoms with Crippen molar-refractivity contribution in [2.75, 3.05) is 20.2 Å². The van der Waals surface area contributed by atoms with Gasteiger partial charge >= 0.3 is 5.97 Å². The van der Waals surface area contributed by atoms with Gasteiger partial charge in [0.05, 0.1) is 7.11 Å². The standard InChI is InChI=1S/C13H18N4O2/c1-10-5-3-6-11(9-10)12(13(18)19-2)15-7-4-8-16-17-14/h3,5-6,9,12,15H,4,7-8H2,1-2H3. The number of rotatable bonds is 7. The number of carbonyl (C=O) groups is 1. The van der Waals surface area contributed by atoms with Gasteiger partial charge in [-0.25, -0.2) is 4.79 Å². The van der Waals surface area contributed by atoms with Gasteiger partial charge < -0.3 is 10.1 Å². The van der Waals surface area contributed by atoms with E-state index in [2.05, 4.69) is 15.3 Å². The van der Waals surface area contributed by atoms with Gasteiger partial charge in [-0.3, -0.25) is 0 Å². The molecule has 1 N–H and O–H groups in total. The van der Waals surface area contributed by atoms with Gasteiger partial charge in [0.15, 0.2) is 0 Å². The minimum absolute atomic E-state index is 0.325. The van der Waals surface area contributed by atoms with Gasteiger partial charge in [-0.05, 0) is 31.0 Å². The summed E-state index contributed by atoms with van der Waals surface area (Å²) in [7, 11) is 1.37. The third-order valence-electron chi connectivity index (χ3n) is 2.66. The minimum Gasteiger partial charge on any atom is -0.468 e. The van der Waals surface area contributed by atoms with Crippen LogP contribution < -0.4 is 5.32 Å². The number of hydrogen-bond donors (Lipinski definition) is 1. The van der Waals surface area contributed by atoms with E-state index >= 15 is 0 Å². The molecule has 1 unspecified atom stereocenters. The first-order chi connectivity index (χ1) is 9.19. The van der Waals surface area contributed by atoms with Crippen LogP contribution in [0.4, 0.5) is 0 Å². The minimum atomic E-state index is -0.490. The van der Waals surface area contributed by atoms with Crippen molar-refractivity contribution in [1.82, 2.24) is 5.32 Å². The molecule has 19 heavy (non-hydrogen) atoms. The molecule has 0 saturated heterocycles. The summed E-state index contributed by atoms with van der Waals surface area (Å²) in [5, 5.41) is 6.56. The Morgan fingerprint density at radius 2 is 2.37 bits per heavy atom. The van der Waals surface area contributed by atoms with Crippen molar-refractivity contribution in [3.63, 3.8) is 0 Å². The predicted octanol–water partition coefficient (Wildman–Crippen LogP) is 2.50. The molecule has 0 spiro atoms. The van der Waals surface area contributed by atoms with Crippen molar-refractivity contribution in [2.45, 2.75) is 19.4 Å². The summed E-state index contributed by atoms with van der Waals surface area (Å²) in [5.41, 5.74) is 10.1. The Morgan fingerprint density at radius 3 is 3.00 bits per heavy atom. The highest BCUT2D eigenvalue weighted by atomic mass is 16.5. The summed E-state index contributed by atoms with van der Waals surface area (Å²) < 4.78 is 4.80. The van der Waals surface area contributed by atoms with E-state index in [4.69, 9.17) is 10.3 Å². The summed E-state index contributed by atoms with van der Waals surface area (Å²) in [4.78, 5) is 14.5. The second kappa shape index (κ2) is 8.13. The van der Waals surface area contributed by atoms with Crippen molar-refractivity contribution >= 4 is 5.97 Å². The number of ether oxygens (including phenoxy) is 1. The van der Waals surface area contributed by atoms with Crippen LogP contribution in [0.5, 0.6) is 0 Å². The second-order valence-electron chi connectivity index (χ2n) is 4.13. The molecule has 1 aromatic rings. The summed E-state index contributed by atoms with van der Waals surface area (Å²) in [5.74, 6) is -0.325. The Kier molecular flexibility index (Phi) is 6.43. The first-order valence-electron chi connectivity index (χ1n) is 6.07. The quantitative estimate of drug-likeness (QED) is 0.269. The largest absolute Gasteiger partial charge is 0.468 e. The zero-order valence-electron chi connectivity index (χ0n) is 11.2. The number of nitrogens with one attached hydrogen (secondary N) is 1. The van der Waals surface area contributed by atoms with Gasteiger partial charge in [0.1, 0.15) is 6.04 Å². The number of aryl methyl sites for hydroxylation is 1. The molecule has 0 radical (unpaired) electrons. The Hall–Kier alpha value is -2.04. The number of methoxy groups -OCH3 is 1. The Morgan fingerprint density at radius 1 is 1.58 bits per heavy atom. The highest BCUT2D eigenvalue weighted by Crippen LogP contribution is 2.16. The Bertz CT molecular complexity index is 469. The predicted molar refractivity (Wildman–Crippen MR) is 72.6 cm³/mol. The lowest BCUT2D eigenvalue weighted by Crippen LogP contribution is -2.30. The van der Waals surface area contributed by atoms with Crippen LogP contribution in [0.3, 0.4) is 0 Å². The van der Waals surface area contributed by atoms with Crippen molar-refractivity contribution < 1.29 is 9.53 Å². The molecule has 6 nitrogen and oxygen atoms in total. The van der Waals surface area contributed by atoms with Crippen molar-refractivity contribution in [2.24, 2.45) is 5.11 Å². The molecule has 1 rings (SSSR count). The van der Waals surface area contributed by atoms with Gasteiger partial charge in [-0.15, -0.1) is 0 Å².